The van der Waals surface area contributed by atoms with Gasteiger partial charge in [0.05, 0.1) is 11.5 Å². The number of hydrogen-bond acceptors (Lipinski definition) is 4. The molecule has 0 spiro atoms. The number of nitrogens with zero attached hydrogens (tertiary/aromatic N) is 1. The van der Waals surface area contributed by atoms with Crippen molar-refractivity contribution in [3.8, 4) is 0 Å². The predicted molar refractivity (Wildman–Crippen MR) is 132 cm³/mol. The topological polar surface area (TPSA) is 63.7 Å². The maximum atomic E-state index is 14.9. The predicted octanol–water partition coefficient (Wildman–Crippen LogP) is 5.44. The number of aryl methyl sites for hydroxylation is 1. The third kappa shape index (κ3) is 5.46. The molecule has 1 heterocycles. The average Bonchev–Trinajstić information content (AvgIpc) is 3.11. The van der Waals surface area contributed by atoms with Gasteiger partial charge in [0.15, 0.2) is 0 Å². The van der Waals surface area contributed by atoms with Crippen molar-refractivity contribution in [2.75, 3.05) is 19.7 Å². The van der Waals surface area contributed by atoms with Gasteiger partial charge in [0, 0.05) is 28.5 Å². The van der Waals surface area contributed by atoms with Gasteiger partial charge in [0.1, 0.15) is 0 Å². The Morgan fingerprint density at radius 3 is 2.33 bits per heavy atom. The van der Waals surface area contributed by atoms with E-state index in [0.717, 1.165) is 11.1 Å². The van der Waals surface area contributed by atoms with Crippen LogP contribution >= 0.6 is 22.6 Å². The normalized spacial score (nSPS) is 21.2. The van der Waals surface area contributed by atoms with Gasteiger partial charge in [0.2, 0.25) is 10.0 Å². The highest BCUT2D eigenvalue weighted by Gasteiger charge is 2.53. The minimum absolute atomic E-state index is 0.0429. The third-order valence-electron chi connectivity index (χ3n) is 5.73. The lowest BCUT2D eigenvalue weighted by Crippen LogP contribution is -2.39. The summed E-state index contributed by atoms with van der Waals surface area (Å²) in [5.41, 5.74) is 0.983. The fourth-order valence-electron chi connectivity index (χ4n) is 3.99. The van der Waals surface area contributed by atoms with Crippen LogP contribution in [0.1, 0.15) is 31.4 Å². The van der Waals surface area contributed by atoms with Crippen LogP contribution in [-0.4, -0.2) is 44.3 Å². The molecular weight excluding hydrogens is 563 g/mol. The lowest BCUT2D eigenvalue weighted by Gasteiger charge is -2.30. The largest absolute Gasteiger partial charge is 0.462 e. The van der Waals surface area contributed by atoms with Gasteiger partial charge in [-0.3, -0.25) is 0 Å². The van der Waals surface area contributed by atoms with Crippen molar-refractivity contribution in [1.29, 1.82) is 0 Å². The summed E-state index contributed by atoms with van der Waals surface area (Å²) in [6, 6.07) is 15.6. The van der Waals surface area contributed by atoms with Gasteiger partial charge in [-0.25, -0.2) is 13.2 Å². The molecule has 0 unspecified atom stereocenters. The minimum atomic E-state index is -3.93. The Hall–Kier alpha value is -1.85. The summed E-state index contributed by atoms with van der Waals surface area (Å²) in [7, 11) is -3.93. The fraction of sp³-hybridized carbons (Fsp3) is 0.375. The quantitative estimate of drug-likeness (QED) is 0.319. The van der Waals surface area contributed by atoms with Crippen LogP contribution < -0.4 is 0 Å². The molecule has 0 radical (unpaired) electrons. The molecule has 0 bridgehead atoms. The fourth-order valence-corrected chi connectivity index (χ4v) is 6.70. The number of hydrogen-bond donors (Lipinski definition) is 0. The van der Waals surface area contributed by atoms with E-state index in [1.165, 1.54) is 23.4 Å². The van der Waals surface area contributed by atoms with Crippen LogP contribution in [0.3, 0.4) is 0 Å². The molecule has 178 valence electrons. The molecule has 0 saturated carbocycles. The van der Waals surface area contributed by atoms with E-state index >= 15 is 0 Å². The summed E-state index contributed by atoms with van der Waals surface area (Å²) in [6.07, 6.45) is -0.854. The van der Waals surface area contributed by atoms with Gasteiger partial charge >= 0.3 is 11.9 Å². The van der Waals surface area contributed by atoms with Crippen molar-refractivity contribution in [2.24, 2.45) is 5.41 Å². The smallest absolute Gasteiger partial charge is 0.376 e. The van der Waals surface area contributed by atoms with E-state index in [2.05, 4.69) is 27.3 Å². The van der Waals surface area contributed by atoms with Gasteiger partial charge in [-0.2, -0.15) is 13.1 Å². The van der Waals surface area contributed by atoms with E-state index in [4.69, 9.17) is 0 Å². The summed E-state index contributed by atoms with van der Waals surface area (Å²) in [6.45, 7) is 4.52. The summed E-state index contributed by atoms with van der Waals surface area (Å²) in [5.74, 6) is -5.35. The second-order valence-electron chi connectivity index (χ2n) is 8.41. The maximum absolute atomic E-state index is 14.9. The zero-order valence-electron chi connectivity index (χ0n) is 18.6. The van der Waals surface area contributed by atoms with Gasteiger partial charge in [-0.15, -0.1) is 0 Å². The lowest BCUT2D eigenvalue weighted by atomic mass is 9.78. The number of alkyl halides is 2. The van der Waals surface area contributed by atoms with E-state index in [1.807, 2.05) is 37.3 Å². The molecule has 0 aliphatic carbocycles. The Bertz CT molecular complexity index is 1150. The molecular formula is C24H26F2INO4S. The highest BCUT2D eigenvalue weighted by atomic mass is 127. The highest BCUT2D eigenvalue weighted by Crippen LogP contribution is 2.49. The van der Waals surface area contributed by atoms with Crippen LogP contribution in [0.5, 0.6) is 0 Å². The summed E-state index contributed by atoms with van der Waals surface area (Å²) in [5, 5.41) is 0. The molecule has 3 rings (SSSR count). The molecule has 1 fully saturated rings. The number of ether oxygens (including phenoxy) is 1. The molecule has 33 heavy (non-hydrogen) atoms. The van der Waals surface area contributed by atoms with Crippen molar-refractivity contribution < 1.29 is 26.7 Å². The molecule has 9 heteroatoms. The second-order valence-corrected chi connectivity index (χ2v) is 11.4. The van der Waals surface area contributed by atoms with E-state index in [0.29, 0.717) is 9.15 Å². The van der Waals surface area contributed by atoms with Gasteiger partial charge in [-0.05, 0) is 59.7 Å². The van der Waals surface area contributed by atoms with Crippen LogP contribution in [0, 0.1) is 12.3 Å². The number of esters is 1. The molecule has 1 aliphatic rings. The first-order valence-electron chi connectivity index (χ1n) is 10.5. The average molecular weight is 589 g/mol. The Balaban J connectivity index is 2.07. The number of halogens is 3. The van der Waals surface area contributed by atoms with Crippen LogP contribution in [0.25, 0.3) is 3.58 Å². The van der Waals surface area contributed by atoms with Crippen molar-refractivity contribution in [2.45, 2.75) is 38.0 Å². The van der Waals surface area contributed by atoms with Crippen molar-refractivity contribution >= 4 is 42.2 Å². The van der Waals surface area contributed by atoms with Crippen molar-refractivity contribution in [3.05, 3.63) is 71.3 Å². The van der Waals surface area contributed by atoms with Crippen molar-refractivity contribution in [1.82, 2.24) is 4.31 Å². The first kappa shape index (κ1) is 25.8. The molecule has 2 aromatic rings. The molecule has 5 nitrogen and oxygen atoms in total. The first-order valence-corrected chi connectivity index (χ1v) is 13.0. The van der Waals surface area contributed by atoms with Crippen LogP contribution in [0.15, 0.2) is 65.1 Å². The summed E-state index contributed by atoms with van der Waals surface area (Å²) in [4.78, 5) is 12.1. The zero-order valence-corrected chi connectivity index (χ0v) is 21.6. The van der Waals surface area contributed by atoms with Gasteiger partial charge < -0.3 is 4.74 Å². The van der Waals surface area contributed by atoms with E-state index in [-0.39, 0.29) is 24.6 Å². The summed E-state index contributed by atoms with van der Waals surface area (Å²) >= 11 is 2.07. The first-order chi connectivity index (χ1) is 15.4. The molecule has 2 aromatic carbocycles. The molecule has 1 saturated heterocycles. The molecule has 0 aromatic heterocycles. The van der Waals surface area contributed by atoms with Crippen LogP contribution in [0.2, 0.25) is 0 Å². The number of carbonyl (C=O) groups is 1. The van der Waals surface area contributed by atoms with Crippen molar-refractivity contribution in [3.63, 3.8) is 0 Å². The number of benzene rings is 2. The maximum Gasteiger partial charge on any atom is 0.376 e. The molecule has 0 amide bonds. The Labute approximate surface area is 207 Å². The van der Waals surface area contributed by atoms with Gasteiger partial charge in [0.25, 0.3) is 0 Å². The Kier molecular flexibility index (Phi) is 7.65. The Morgan fingerprint density at radius 1 is 1.15 bits per heavy atom. The standard InChI is InChI=1S/C24H26F2INO4S/c1-4-32-22(29)24(25,26)15-23(3)16-28(33(30,31)19-12-10-17(2)11-13-19)14-20(23)21(27)18-8-6-5-7-9-18/h5-13H,4,14-16H2,1-3H3/b21-20+/t23-/m0/s1. The highest BCUT2D eigenvalue weighted by molar-refractivity contribution is 14.1. The van der Waals surface area contributed by atoms with E-state index in [9.17, 15) is 22.0 Å². The van der Waals surface area contributed by atoms with Crippen LogP contribution in [-0.2, 0) is 19.6 Å². The molecule has 1 atom stereocenters. The lowest BCUT2D eigenvalue weighted by molar-refractivity contribution is -0.175. The minimum Gasteiger partial charge on any atom is -0.462 e. The SMILES string of the molecule is CCOC(=O)C(F)(F)C[C@@]1(C)CN(S(=O)(=O)c2ccc(C)cc2)C/C1=C(\I)c1ccccc1. The second kappa shape index (κ2) is 9.79. The third-order valence-corrected chi connectivity index (χ3v) is 8.81. The zero-order chi connectivity index (χ0) is 24.4. The monoisotopic (exact) mass is 589 g/mol. The molecule has 0 N–H and O–H groups in total. The van der Waals surface area contributed by atoms with Crippen LogP contribution in [0.4, 0.5) is 8.78 Å². The Morgan fingerprint density at radius 2 is 1.76 bits per heavy atom. The van der Waals surface area contributed by atoms with Gasteiger partial charge in [-0.1, -0.05) is 55.0 Å². The summed E-state index contributed by atoms with van der Waals surface area (Å²) < 4.78 is 62.9. The number of rotatable bonds is 7. The number of sulfonamides is 1. The molecule has 1 aliphatic heterocycles. The number of carbonyl (C=O) groups excluding carboxylic acids is 1. The van der Waals surface area contributed by atoms with E-state index in [1.54, 1.807) is 19.1 Å². The van der Waals surface area contributed by atoms with E-state index < -0.39 is 33.8 Å².